The van der Waals surface area contributed by atoms with Crippen molar-refractivity contribution in [1.29, 1.82) is 0 Å². The van der Waals surface area contributed by atoms with Crippen LogP contribution in [0.15, 0.2) is 35.7 Å². The van der Waals surface area contributed by atoms with Crippen LogP contribution in [-0.2, 0) is 73.3 Å². The number of aromatic nitrogens is 6. The number of carboxylic acids is 3. The summed E-state index contributed by atoms with van der Waals surface area (Å²) in [5.74, 6) is -1.92. The van der Waals surface area contributed by atoms with Gasteiger partial charge >= 0.3 is 66.8 Å². The second-order valence-electron chi connectivity index (χ2n) is 15.8. The molecule has 0 spiro atoms. The molecule has 0 bridgehead atoms. The van der Waals surface area contributed by atoms with Gasteiger partial charge in [0.2, 0.25) is 5.91 Å². The van der Waals surface area contributed by atoms with Gasteiger partial charge in [0.25, 0.3) is 0 Å². The molecule has 0 fully saturated rings. The van der Waals surface area contributed by atoms with E-state index in [4.69, 9.17) is 46.7 Å². The number of alkyl carbamates (subject to hydrolysis) is 2. The zero-order valence-electron chi connectivity index (χ0n) is 41.7. The van der Waals surface area contributed by atoms with Crippen LogP contribution >= 0.6 is 15.9 Å². The minimum Gasteiger partial charge on any atom is -0.534 e. The first-order chi connectivity index (χ1) is 33.3. The van der Waals surface area contributed by atoms with Gasteiger partial charge in [-0.1, -0.05) is 71.3 Å². The number of carbonyl (C=O) groups excluding carboxylic acids is 3. The Balaban J connectivity index is -0.000000209. The van der Waals surface area contributed by atoms with Gasteiger partial charge in [-0.05, 0) is 71.5 Å². The Morgan fingerprint density at radius 3 is 1.84 bits per heavy atom. The molecule has 0 saturated heterocycles. The van der Waals surface area contributed by atoms with Crippen molar-refractivity contribution in [2.24, 2.45) is 10.8 Å². The molecule has 3 aromatic rings. The molecule has 1 aliphatic heterocycles. The molecule has 33 heteroatoms. The van der Waals surface area contributed by atoms with Gasteiger partial charge in [0.1, 0.15) is 23.4 Å². The molecule has 2 aromatic heterocycles. The molecule has 1 radical (unpaired) electrons. The van der Waals surface area contributed by atoms with Gasteiger partial charge in [-0.15, -0.1) is 16.6 Å². The number of rotatable bonds is 16. The zero-order chi connectivity index (χ0) is 54.6. The standard InChI is InChI=1S/C15H18BN5O5.C7H14BrNO2.C7H14N4O2.C7H11N3O2.C4H4O2.2CH4.Cu.N3.Na/c17-4-5-21-8-10(19-20-21)7-13(22)18-12-6-9-2-1-3-11(15(23)24)14(9)26-16(12)25;1-7(2,3)11-6(10)9-5-4-8;1-7(2,3)13-6(12)9-4-5-10-11-8;1-2-3-10-5-6(8-9-10)4-7(11)12;1-2-3-4(5)6;;;;1-3-2;/h1-3,8,12,25H,4-7,17H2,(H,18,22)(H,23,24);4-5H2,1-3H3,(H,9,10);4-5H2,1-3H3,(H,9,12);5H,2-4H2,1H3,(H,11,12);1H,3H2,(H,5,6);2*1H4;;;/q;;;;;;;;-1;+1/t12-;;;;;;;;;/m0........./s1. The Kier molecular flexibility index (Phi) is 48.5. The number of ether oxygens (including phenoxy) is 2. The number of aromatic carboxylic acids is 1. The topological polar surface area (TPSA) is 442 Å². The number of terminal acetylenes is 1. The van der Waals surface area contributed by atoms with Crippen LogP contribution < -0.4 is 55.9 Å². The summed E-state index contributed by atoms with van der Waals surface area (Å²) in [5.41, 5.74) is 27.5. The van der Waals surface area contributed by atoms with Crippen molar-refractivity contribution in [1.82, 2.24) is 45.9 Å². The van der Waals surface area contributed by atoms with Gasteiger partial charge in [0, 0.05) is 72.4 Å². The number of halogens is 1. The third kappa shape index (κ3) is 42.9. The maximum Gasteiger partial charge on any atom is 1.00 e. The van der Waals surface area contributed by atoms with Crippen molar-refractivity contribution in [3.05, 3.63) is 79.5 Å². The number of aryl methyl sites for hydroxylation is 1. The number of benzene rings is 1. The quantitative estimate of drug-likeness (QED) is 0.0193. The number of azide groups is 1. The van der Waals surface area contributed by atoms with Gasteiger partial charge in [-0.25, -0.2) is 14.4 Å². The van der Waals surface area contributed by atoms with Crippen molar-refractivity contribution in [3.63, 3.8) is 0 Å². The minimum absolute atomic E-state index is 0. The first-order valence-corrected chi connectivity index (χ1v) is 22.2. The van der Waals surface area contributed by atoms with Gasteiger partial charge in [0.15, 0.2) is 0 Å². The monoisotopic (exact) mass is 1180 g/mol. The van der Waals surface area contributed by atoms with E-state index in [2.05, 4.69) is 69.0 Å². The maximum atomic E-state index is 12.2. The Morgan fingerprint density at radius 2 is 1.43 bits per heavy atom. The summed E-state index contributed by atoms with van der Waals surface area (Å²) in [6, 6.07) is 4.70. The van der Waals surface area contributed by atoms with E-state index in [0.717, 1.165) is 18.3 Å². The van der Waals surface area contributed by atoms with Gasteiger partial charge < -0.3 is 67.2 Å². The molecule has 4 rings (SSSR count). The predicted molar refractivity (Wildman–Crippen MR) is 273 cm³/mol. The fraction of sp³-hybridized carbons (Fsp3) is 0.571. The van der Waals surface area contributed by atoms with Crippen LogP contribution in [0, 0.1) is 12.3 Å². The second kappa shape index (κ2) is 45.3. The van der Waals surface area contributed by atoms with Crippen LogP contribution in [0.4, 0.5) is 9.59 Å². The van der Waals surface area contributed by atoms with Crippen molar-refractivity contribution >= 4 is 59.0 Å². The molecule has 3 amide bonds. The Morgan fingerprint density at radius 1 is 0.920 bits per heavy atom. The number of alkyl halides is 1. The summed E-state index contributed by atoms with van der Waals surface area (Å²) in [6.45, 7) is 15.7. The smallest absolute Gasteiger partial charge is 0.534 e. The van der Waals surface area contributed by atoms with E-state index in [1.165, 1.54) is 11.0 Å². The molecule has 0 saturated carbocycles. The average molecular weight is 1180 g/mol. The number of nitrogens with zero attached hydrogens (tertiary/aromatic N) is 12. The van der Waals surface area contributed by atoms with Crippen LogP contribution in [0.3, 0.4) is 0 Å². The zero-order valence-corrected chi connectivity index (χ0v) is 46.2. The molecule has 3 heterocycles. The fourth-order valence-corrected chi connectivity index (χ4v) is 5.03. The number of nitrogens with two attached hydrogens (primary N) is 1. The van der Waals surface area contributed by atoms with E-state index >= 15 is 0 Å². The van der Waals surface area contributed by atoms with Crippen molar-refractivity contribution < 1.29 is 110 Å². The summed E-state index contributed by atoms with van der Waals surface area (Å²) in [7, 11) is -1.35. The molecule has 9 N–H and O–H groups in total. The maximum absolute atomic E-state index is 12.2. The Bertz CT molecular complexity index is 2270. The molecule has 417 valence electrons. The minimum atomic E-state index is -1.35. The third-order valence-electron chi connectivity index (χ3n) is 7.31. The van der Waals surface area contributed by atoms with E-state index in [9.17, 15) is 38.9 Å². The van der Waals surface area contributed by atoms with E-state index in [1.807, 2.05) is 33.6 Å². The third-order valence-corrected chi connectivity index (χ3v) is 7.71. The summed E-state index contributed by atoms with van der Waals surface area (Å²) < 4.78 is 18.4. The Labute approximate surface area is 477 Å². The number of fused-ring (bicyclic) bond motifs is 1. The average Bonchev–Trinajstić information content (AvgIpc) is 3.90. The first-order valence-electron chi connectivity index (χ1n) is 21.1. The van der Waals surface area contributed by atoms with Crippen LogP contribution in [0.1, 0.15) is 103 Å². The number of carboxylic acid groups (broad SMARTS) is 3. The summed E-state index contributed by atoms with van der Waals surface area (Å²) in [5, 5.41) is 62.4. The molecular formula is C42H69BBrCuN16NaO13. The van der Waals surface area contributed by atoms with Crippen LogP contribution in [0.25, 0.3) is 26.4 Å². The number of nitrogens with one attached hydrogen (secondary N) is 3. The Hall–Kier alpha value is -6.12. The summed E-state index contributed by atoms with van der Waals surface area (Å²) >= 11 is 3.19. The van der Waals surface area contributed by atoms with Crippen LogP contribution in [-0.4, -0.2) is 142 Å². The van der Waals surface area contributed by atoms with Gasteiger partial charge in [-0.3, -0.25) is 28.7 Å². The number of carbonyl (C=O) groups is 6. The van der Waals surface area contributed by atoms with Crippen molar-refractivity contribution in [3.8, 4) is 18.1 Å². The van der Waals surface area contributed by atoms with Crippen LogP contribution in [0.2, 0.25) is 0 Å². The second-order valence-corrected chi connectivity index (χ2v) is 16.6. The van der Waals surface area contributed by atoms with Crippen molar-refractivity contribution in [2.45, 2.75) is 126 Å². The fourth-order valence-electron chi connectivity index (χ4n) is 4.83. The normalized spacial score (nSPS) is 11.1. The largest absolute Gasteiger partial charge is 1.00 e. The molecule has 1 aliphatic rings. The molecule has 29 nitrogen and oxygen atoms in total. The number of hydrogen-bond acceptors (Lipinski definition) is 16. The number of aliphatic carboxylic acids is 2. The number of amides is 3. The molecule has 75 heavy (non-hydrogen) atoms. The summed E-state index contributed by atoms with van der Waals surface area (Å²) in [6.07, 6.45) is 8.02. The molecular weight excluding hydrogens is 1110 g/mol. The van der Waals surface area contributed by atoms with Gasteiger partial charge in [0.05, 0.1) is 42.3 Å². The molecule has 0 unspecified atom stereocenters. The SMILES string of the molecule is C.C.C#CCC(=O)O.CC(C)(C)OC(=O)NCCBr.CC(C)(C)OC(=O)NCCN=[N+]=[N-].CCCn1cc(CC(=O)O)nn1.NCCn1cc(CC(=O)N[C@H]2Cc3cccc(C(=O)O)c3OB2O)nn1.[Cu].[N-]=[N+]=[N-].[Na+]. The molecule has 1 aromatic carbocycles. The van der Waals surface area contributed by atoms with Crippen molar-refractivity contribution in [2.75, 3.05) is 31.5 Å². The van der Waals surface area contributed by atoms with E-state index in [-0.39, 0.29) is 117 Å². The van der Waals surface area contributed by atoms with E-state index < -0.39 is 48.3 Å². The predicted octanol–water partition coefficient (Wildman–Crippen LogP) is 1.89. The van der Waals surface area contributed by atoms with E-state index in [0.29, 0.717) is 43.1 Å². The van der Waals surface area contributed by atoms with Crippen LogP contribution in [0.5, 0.6) is 5.75 Å². The first kappa shape index (κ1) is 80.3. The number of hydrogen-bond donors (Lipinski definition) is 8. The molecule has 1 atom stereocenters. The van der Waals surface area contributed by atoms with Gasteiger partial charge in [-0.2, -0.15) is 0 Å². The molecule has 0 aliphatic carbocycles. The summed E-state index contributed by atoms with van der Waals surface area (Å²) in [4.78, 5) is 69.0. The van der Waals surface area contributed by atoms with E-state index in [1.54, 1.807) is 54.7 Å². The number of para-hydroxylation sites is 1.